The number of amides is 1. The molecule has 0 radical (unpaired) electrons. The lowest BCUT2D eigenvalue weighted by Crippen LogP contribution is -2.69. The van der Waals surface area contributed by atoms with E-state index < -0.39 is 0 Å². The van der Waals surface area contributed by atoms with E-state index in [-0.39, 0.29) is 0 Å². The van der Waals surface area contributed by atoms with Crippen LogP contribution in [0.4, 0.5) is 0 Å². The summed E-state index contributed by atoms with van der Waals surface area (Å²) >= 11 is 0. The highest BCUT2D eigenvalue weighted by atomic mass is 16.2. The maximum absolute atomic E-state index is 12.9. The molecule has 0 spiro atoms. The van der Waals surface area contributed by atoms with Gasteiger partial charge in [0.05, 0.1) is 19.6 Å². The number of hydrogen-bond donors (Lipinski definition) is 1. The lowest BCUT2D eigenvalue weighted by atomic mass is 9.48. The SMILES string of the molecule is C[C@@H](NC(=O)C[N+]12CCN(CC1)CC2)C12CC3CC(CC(C3)C1)C2. The Morgan fingerprint density at radius 1 is 1.04 bits per heavy atom. The minimum Gasteiger partial charge on any atom is -0.348 e. The third-order valence-corrected chi connectivity index (χ3v) is 8.53. The van der Waals surface area contributed by atoms with Crippen molar-refractivity contribution in [3.8, 4) is 0 Å². The van der Waals surface area contributed by atoms with Gasteiger partial charge in [0, 0.05) is 25.7 Å². The first-order chi connectivity index (χ1) is 11.5. The Bertz CT molecular complexity index is 474. The van der Waals surface area contributed by atoms with Crippen LogP contribution in [0.15, 0.2) is 0 Å². The zero-order valence-corrected chi connectivity index (χ0v) is 15.3. The number of nitrogens with zero attached hydrogens (tertiary/aromatic N) is 2. The van der Waals surface area contributed by atoms with Gasteiger partial charge in [-0.2, -0.15) is 0 Å². The standard InChI is InChI=1S/C20H33N3O/c1-15(20-11-16-8-17(12-20)10-18(9-16)13-20)21-19(24)14-23-5-2-22(3-6-23)4-7-23/h15-18H,2-14H2,1H3/p+1/t15-,16?,17?,18?,20?/m1/s1. The molecule has 4 heteroatoms. The number of rotatable bonds is 4. The summed E-state index contributed by atoms with van der Waals surface area (Å²) in [6, 6.07) is 0.377. The van der Waals surface area contributed by atoms with Crippen LogP contribution in [0.2, 0.25) is 0 Å². The van der Waals surface area contributed by atoms with E-state index in [9.17, 15) is 4.79 Å². The first kappa shape index (κ1) is 15.6. The molecule has 3 aliphatic heterocycles. The van der Waals surface area contributed by atoms with Crippen LogP contribution < -0.4 is 5.32 Å². The monoisotopic (exact) mass is 332 g/mol. The van der Waals surface area contributed by atoms with Crippen molar-refractivity contribution in [1.82, 2.24) is 10.2 Å². The zero-order valence-electron chi connectivity index (χ0n) is 15.3. The molecule has 0 aromatic rings. The van der Waals surface area contributed by atoms with E-state index in [0.29, 0.717) is 17.4 Å². The molecule has 7 aliphatic rings. The molecular formula is C20H34N3O+. The van der Waals surface area contributed by atoms with Crippen LogP contribution in [0.3, 0.4) is 0 Å². The topological polar surface area (TPSA) is 32.3 Å². The molecule has 3 saturated heterocycles. The van der Waals surface area contributed by atoms with Crippen LogP contribution in [0.25, 0.3) is 0 Å². The molecular weight excluding hydrogens is 298 g/mol. The molecule has 7 rings (SSSR count). The summed E-state index contributed by atoms with van der Waals surface area (Å²) in [6.45, 7) is 10.2. The second kappa shape index (κ2) is 5.44. The maximum Gasteiger partial charge on any atom is 0.275 e. The molecule has 134 valence electrons. The van der Waals surface area contributed by atoms with E-state index in [1.54, 1.807) is 0 Å². The van der Waals surface area contributed by atoms with E-state index in [4.69, 9.17) is 0 Å². The maximum atomic E-state index is 12.9. The zero-order chi connectivity index (χ0) is 16.4. The fraction of sp³-hybridized carbons (Fsp3) is 0.950. The van der Waals surface area contributed by atoms with Crippen molar-refractivity contribution in [3.05, 3.63) is 0 Å². The molecule has 0 unspecified atom stereocenters. The summed E-state index contributed by atoms with van der Waals surface area (Å²) in [7, 11) is 0. The number of piperazine rings is 3. The molecule has 0 aromatic carbocycles. The van der Waals surface area contributed by atoms with Crippen LogP contribution in [-0.4, -0.2) is 67.1 Å². The fourth-order valence-corrected chi connectivity index (χ4v) is 7.42. The molecule has 1 atom stereocenters. The third-order valence-electron chi connectivity index (χ3n) is 8.53. The van der Waals surface area contributed by atoms with Crippen LogP contribution in [-0.2, 0) is 4.79 Å². The van der Waals surface area contributed by atoms with E-state index in [2.05, 4.69) is 17.1 Å². The largest absolute Gasteiger partial charge is 0.348 e. The van der Waals surface area contributed by atoms with Crippen molar-refractivity contribution in [3.63, 3.8) is 0 Å². The van der Waals surface area contributed by atoms with Crippen LogP contribution >= 0.6 is 0 Å². The van der Waals surface area contributed by atoms with Gasteiger partial charge in [0.2, 0.25) is 0 Å². The molecule has 7 fully saturated rings. The van der Waals surface area contributed by atoms with E-state index in [1.807, 2.05) is 0 Å². The molecule has 24 heavy (non-hydrogen) atoms. The van der Waals surface area contributed by atoms with Crippen molar-refractivity contribution >= 4 is 5.91 Å². The Morgan fingerprint density at radius 2 is 1.54 bits per heavy atom. The number of quaternary nitrogens is 1. The van der Waals surface area contributed by atoms with Gasteiger partial charge in [-0.05, 0) is 68.6 Å². The molecule has 1 N–H and O–H groups in total. The number of nitrogens with one attached hydrogen (secondary N) is 1. The molecule has 3 heterocycles. The Hall–Kier alpha value is -0.610. The van der Waals surface area contributed by atoms with Gasteiger partial charge in [0.1, 0.15) is 0 Å². The average molecular weight is 333 g/mol. The van der Waals surface area contributed by atoms with E-state index in [1.165, 1.54) is 77.8 Å². The van der Waals surface area contributed by atoms with E-state index >= 15 is 0 Å². The predicted molar refractivity (Wildman–Crippen MR) is 94.4 cm³/mol. The molecule has 4 saturated carbocycles. The lowest BCUT2D eigenvalue weighted by Gasteiger charge is -2.59. The Kier molecular flexibility index (Phi) is 3.54. The Balaban J connectivity index is 1.24. The summed E-state index contributed by atoms with van der Waals surface area (Å²) < 4.78 is 1.05. The smallest absolute Gasteiger partial charge is 0.275 e. The van der Waals surface area contributed by atoms with Gasteiger partial charge in [-0.15, -0.1) is 0 Å². The van der Waals surface area contributed by atoms with Gasteiger partial charge in [0.25, 0.3) is 5.91 Å². The predicted octanol–water partition coefficient (Wildman–Crippen LogP) is 1.85. The fourth-order valence-electron chi connectivity index (χ4n) is 7.42. The van der Waals surface area contributed by atoms with Crippen molar-refractivity contribution in [1.29, 1.82) is 0 Å². The second-order valence-electron chi connectivity index (χ2n) is 10.1. The summed E-state index contributed by atoms with van der Waals surface area (Å²) in [6.07, 6.45) is 8.60. The highest BCUT2D eigenvalue weighted by Crippen LogP contribution is 2.61. The number of hydrogen-bond acceptors (Lipinski definition) is 2. The lowest BCUT2D eigenvalue weighted by molar-refractivity contribution is -0.933. The number of carbonyl (C=O) groups excluding carboxylic acids is 1. The normalized spacial score (nSPS) is 50.0. The summed E-state index contributed by atoms with van der Waals surface area (Å²) in [5.41, 5.74) is 0.436. The highest BCUT2D eigenvalue weighted by Gasteiger charge is 2.53. The molecule has 0 aromatic heterocycles. The van der Waals surface area contributed by atoms with Crippen LogP contribution in [0.5, 0.6) is 0 Å². The number of carbonyl (C=O) groups is 1. The van der Waals surface area contributed by atoms with Crippen molar-refractivity contribution in [2.75, 3.05) is 45.8 Å². The average Bonchev–Trinajstić information content (AvgIpc) is 2.54. The highest BCUT2D eigenvalue weighted by molar-refractivity contribution is 5.77. The minimum absolute atomic E-state index is 0.327. The Labute approximate surface area is 146 Å². The molecule has 1 amide bonds. The van der Waals surface area contributed by atoms with Gasteiger partial charge >= 0.3 is 0 Å². The van der Waals surface area contributed by atoms with Gasteiger partial charge in [-0.1, -0.05) is 0 Å². The van der Waals surface area contributed by atoms with Gasteiger partial charge in [-0.25, -0.2) is 0 Å². The minimum atomic E-state index is 0.327. The molecule has 6 bridgehead atoms. The van der Waals surface area contributed by atoms with Crippen molar-refractivity contribution in [2.45, 2.75) is 51.5 Å². The van der Waals surface area contributed by atoms with Gasteiger partial charge in [-0.3, -0.25) is 9.69 Å². The first-order valence-corrected chi connectivity index (χ1v) is 10.4. The number of fused-ring (bicyclic) bond motifs is 3. The quantitative estimate of drug-likeness (QED) is 0.797. The first-order valence-electron chi connectivity index (χ1n) is 10.4. The van der Waals surface area contributed by atoms with E-state index in [0.717, 1.165) is 28.8 Å². The summed E-state index contributed by atoms with van der Waals surface area (Å²) in [4.78, 5) is 15.4. The van der Waals surface area contributed by atoms with Crippen molar-refractivity contribution < 1.29 is 9.28 Å². The van der Waals surface area contributed by atoms with Crippen molar-refractivity contribution in [2.24, 2.45) is 23.2 Å². The summed E-state index contributed by atoms with van der Waals surface area (Å²) in [5, 5.41) is 3.49. The van der Waals surface area contributed by atoms with Crippen LogP contribution in [0.1, 0.15) is 45.4 Å². The van der Waals surface area contributed by atoms with Crippen LogP contribution in [0, 0.1) is 23.2 Å². The van der Waals surface area contributed by atoms with Gasteiger partial charge in [0.15, 0.2) is 6.54 Å². The third kappa shape index (κ3) is 2.52. The Morgan fingerprint density at radius 3 is 2.04 bits per heavy atom. The molecule has 4 aliphatic carbocycles. The molecule has 4 nitrogen and oxygen atoms in total. The second-order valence-corrected chi connectivity index (χ2v) is 10.1. The van der Waals surface area contributed by atoms with Gasteiger partial charge < -0.3 is 9.80 Å². The summed E-state index contributed by atoms with van der Waals surface area (Å²) in [5.74, 6) is 3.22.